The second-order valence-corrected chi connectivity index (χ2v) is 9.51. The Kier molecular flexibility index (Phi) is 5.63. The molecule has 0 unspecified atom stereocenters. The molecule has 5 rings (SSSR count). The predicted molar refractivity (Wildman–Crippen MR) is 128 cm³/mol. The summed E-state index contributed by atoms with van der Waals surface area (Å²) in [4.78, 5) is 30.2. The van der Waals surface area contributed by atoms with Gasteiger partial charge < -0.3 is 14.5 Å². The van der Waals surface area contributed by atoms with Crippen LogP contribution in [0.25, 0.3) is 11.1 Å². The molecular formula is C25H30N6O3. The van der Waals surface area contributed by atoms with Crippen molar-refractivity contribution in [1.82, 2.24) is 25.3 Å². The number of aromatic nitrogens is 4. The fraction of sp³-hybridized carbons (Fsp3) is 0.440. The van der Waals surface area contributed by atoms with Gasteiger partial charge in [0.1, 0.15) is 11.4 Å². The number of amides is 2. The van der Waals surface area contributed by atoms with Gasteiger partial charge in [-0.1, -0.05) is 13.8 Å². The van der Waals surface area contributed by atoms with E-state index in [-0.39, 0.29) is 17.7 Å². The number of carbonyl (C=O) groups is 2. The molecule has 0 atom stereocenters. The number of methoxy groups -OCH3 is 1. The minimum Gasteiger partial charge on any atom is -0.496 e. The molecular weight excluding hydrogens is 432 g/mol. The number of nitrogens with zero attached hydrogens (tertiary/aromatic N) is 4. The largest absolute Gasteiger partial charge is 0.496 e. The highest BCUT2D eigenvalue weighted by molar-refractivity contribution is 6.01. The first kappa shape index (κ1) is 22.2. The van der Waals surface area contributed by atoms with Gasteiger partial charge in [0.05, 0.1) is 18.7 Å². The Balaban J connectivity index is 1.28. The number of carbonyl (C=O) groups excluding carboxylic acids is 2. The monoisotopic (exact) mass is 462 g/mol. The van der Waals surface area contributed by atoms with E-state index < -0.39 is 5.41 Å². The number of hydrogen-bond donors (Lipinski definition) is 2. The lowest BCUT2D eigenvalue weighted by Gasteiger charge is -2.37. The average Bonchev–Trinajstić information content (AvgIpc) is 3.61. The SMILES string of the molecule is COc1cc(N2CCC3(CCN(C(=O)c4cc(C(C)C)[nH]n4)CC3)C2=O)ccc1-c1cn[nH]c1. The van der Waals surface area contributed by atoms with Gasteiger partial charge in [0.15, 0.2) is 0 Å². The molecule has 0 aliphatic carbocycles. The van der Waals surface area contributed by atoms with Crippen LogP contribution in [0.1, 0.15) is 55.2 Å². The zero-order valence-electron chi connectivity index (χ0n) is 19.8. The second kappa shape index (κ2) is 8.62. The molecule has 2 aromatic heterocycles. The molecule has 1 spiro atoms. The lowest BCUT2D eigenvalue weighted by molar-refractivity contribution is -0.127. The normalized spacial score (nSPS) is 17.7. The molecule has 3 aromatic rings. The lowest BCUT2D eigenvalue weighted by atomic mass is 9.77. The molecule has 2 saturated heterocycles. The van der Waals surface area contributed by atoms with Gasteiger partial charge in [0.25, 0.3) is 5.91 Å². The Morgan fingerprint density at radius 2 is 1.91 bits per heavy atom. The van der Waals surface area contributed by atoms with E-state index in [9.17, 15) is 9.59 Å². The van der Waals surface area contributed by atoms with Crippen LogP contribution in [0, 0.1) is 5.41 Å². The number of likely N-dealkylation sites (tertiary alicyclic amines) is 1. The number of piperidine rings is 1. The third kappa shape index (κ3) is 3.74. The first-order valence-corrected chi connectivity index (χ1v) is 11.8. The Labute approximate surface area is 198 Å². The van der Waals surface area contributed by atoms with Gasteiger partial charge in [-0.3, -0.25) is 19.8 Å². The number of anilines is 1. The molecule has 2 N–H and O–H groups in total. The second-order valence-electron chi connectivity index (χ2n) is 9.51. The fourth-order valence-corrected chi connectivity index (χ4v) is 5.06. The Hall–Kier alpha value is -3.62. The standard InChI is InChI=1S/C25H30N6O3/c1-16(2)20-13-21(29-28-20)23(32)30-9-6-25(7-10-30)8-11-31(24(25)33)18-4-5-19(22(12-18)34-3)17-14-26-27-15-17/h4-5,12-16H,6-11H2,1-3H3,(H,26,27)(H,28,29). The maximum Gasteiger partial charge on any atom is 0.274 e. The molecule has 2 aliphatic rings. The molecule has 34 heavy (non-hydrogen) atoms. The van der Waals surface area contributed by atoms with E-state index in [4.69, 9.17) is 4.74 Å². The summed E-state index contributed by atoms with van der Waals surface area (Å²) < 4.78 is 5.61. The van der Waals surface area contributed by atoms with Crippen LogP contribution in [0.4, 0.5) is 5.69 Å². The van der Waals surface area contributed by atoms with Crippen LogP contribution in [0.3, 0.4) is 0 Å². The van der Waals surface area contributed by atoms with Gasteiger partial charge in [0, 0.05) is 54.4 Å². The zero-order chi connectivity index (χ0) is 23.9. The quantitative estimate of drug-likeness (QED) is 0.603. The van der Waals surface area contributed by atoms with Crippen LogP contribution in [0.5, 0.6) is 5.75 Å². The van der Waals surface area contributed by atoms with E-state index in [0.717, 1.165) is 28.9 Å². The smallest absolute Gasteiger partial charge is 0.274 e. The molecule has 0 bridgehead atoms. The van der Waals surface area contributed by atoms with Crippen molar-refractivity contribution in [3.63, 3.8) is 0 Å². The van der Waals surface area contributed by atoms with Crippen LogP contribution in [0.2, 0.25) is 0 Å². The van der Waals surface area contributed by atoms with E-state index in [0.29, 0.717) is 43.9 Å². The highest BCUT2D eigenvalue weighted by atomic mass is 16.5. The van der Waals surface area contributed by atoms with Crippen molar-refractivity contribution >= 4 is 17.5 Å². The van der Waals surface area contributed by atoms with Crippen LogP contribution >= 0.6 is 0 Å². The van der Waals surface area contributed by atoms with E-state index in [1.54, 1.807) is 13.3 Å². The number of benzene rings is 1. The summed E-state index contributed by atoms with van der Waals surface area (Å²) in [5, 5.41) is 14.0. The fourth-order valence-electron chi connectivity index (χ4n) is 5.06. The van der Waals surface area contributed by atoms with Crippen molar-refractivity contribution in [2.24, 2.45) is 5.41 Å². The number of rotatable bonds is 5. The van der Waals surface area contributed by atoms with Gasteiger partial charge in [-0.2, -0.15) is 10.2 Å². The maximum atomic E-state index is 13.6. The minimum atomic E-state index is -0.415. The molecule has 178 valence electrons. The van der Waals surface area contributed by atoms with E-state index in [1.807, 2.05) is 40.3 Å². The Bertz CT molecular complexity index is 1190. The summed E-state index contributed by atoms with van der Waals surface area (Å²) in [5.41, 5.74) is 3.68. The topological polar surface area (TPSA) is 107 Å². The van der Waals surface area contributed by atoms with Crippen LogP contribution in [-0.4, -0.2) is 63.9 Å². The van der Waals surface area contributed by atoms with Gasteiger partial charge in [-0.15, -0.1) is 0 Å². The molecule has 0 saturated carbocycles. The highest BCUT2D eigenvalue weighted by Crippen LogP contribution is 2.44. The van der Waals surface area contributed by atoms with Crippen LogP contribution in [0.15, 0.2) is 36.7 Å². The summed E-state index contributed by atoms with van der Waals surface area (Å²) in [6.07, 6.45) is 5.68. The lowest BCUT2D eigenvalue weighted by Crippen LogP contribution is -2.46. The summed E-state index contributed by atoms with van der Waals surface area (Å²) in [6, 6.07) is 7.68. The highest BCUT2D eigenvalue weighted by Gasteiger charge is 2.49. The van der Waals surface area contributed by atoms with Crippen molar-refractivity contribution in [3.8, 4) is 16.9 Å². The average molecular weight is 463 g/mol. The van der Waals surface area contributed by atoms with Gasteiger partial charge in [0.2, 0.25) is 5.91 Å². The molecule has 9 nitrogen and oxygen atoms in total. The van der Waals surface area contributed by atoms with Crippen molar-refractivity contribution in [3.05, 3.63) is 48.0 Å². The third-order valence-electron chi connectivity index (χ3n) is 7.27. The number of nitrogens with one attached hydrogen (secondary N) is 2. The first-order valence-electron chi connectivity index (χ1n) is 11.8. The number of aromatic amines is 2. The summed E-state index contributed by atoms with van der Waals surface area (Å²) >= 11 is 0. The first-order chi connectivity index (χ1) is 16.4. The Morgan fingerprint density at radius 3 is 2.56 bits per heavy atom. The van der Waals surface area contributed by atoms with Gasteiger partial charge in [-0.05, 0) is 43.4 Å². The summed E-state index contributed by atoms with van der Waals surface area (Å²) in [7, 11) is 1.63. The minimum absolute atomic E-state index is 0.0696. The number of H-pyrrole nitrogens is 2. The van der Waals surface area contributed by atoms with Crippen molar-refractivity contribution in [1.29, 1.82) is 0 Å². The molecule has 4 heterocycles. The van der Waals surface area contributed by atoms with E-state index in [2.05, 4.69) is 34.2 Å². The number of hydrogen-bond acceptors (Lipinski definition) is 5. The number of ether oxygens (including phenoxy) is 1. The predicted octanol–water partition coefficient (Wildman–Crippen LogP) is 3.59. The zero-order valence-corrected chi connectivity index (χ0v) is 19.8. The molecule has 2 aliphatic heterocycles. The molecule has 9 heteroatoms. The molecule has 1 aromatic carbocycles. The van der Waals surface area contributed by atoms with Crippen molar-refractivity contribution < 1.29 is 14.3 Å². The van der Waals surface area contributed by atoms with Crippen LogP contribution in [-0.2, 0) is 4.79 Å². The van der Waals surface area contributed by atoms with Gasteiger partial charge >= 0.3 is 0 Å². The third-order valence-corrected chi connectivity index (χ3v) is 7.27. The molecule has 2 fully saturated rings. The maximum absolute atomic E-state index is 13.6. The van der Waals surface area contributed by atoms with Crippen molar-refractivity contribution in [2.75, 3.05) is 31.6 Å². The summed E-state index contributed by atoms with van der Waals surface area (Å²) in [5.74, 6) is 1.06. The van der Waals surface area contributed by atoms with E-state index in [1.165, 1.54) is 0 Å². The molecule has 0 radical (unpaired) electrons. The van der Waals surface area contributed by atoms with Crippen LogP contribution < -0.4 is 9.64 Å². The Morgan fingerprint density at radius 1 is 1.15 bits per heavy atom. The van der Waals surface area contributed by atoms with Gasteiger partial charge in [-0.25, -0.2) is 0 Å². The van der Waals surface area contributed by atoms with Crippen molar-refractivity contribution in [2.45, 2.75) is 39.0 Å². The van der Waals surface area contributed by atoms with E-state index >= 15 is 0 Å². The summed E-state index contributed by atoms with van der Waals surface area (Å²) in [6.45, 7) is 5.91. The molecule has 2 amide bonds.